The van der Waals surface area contributed by atoms with Gasteiger partial charge < -0.3 is 20.4 Å². The first-order valence-electron chi connectivity index (χ1n) is 5.35. The van der Waals surface area contributed by atoms with Crippen LogP contribution in [0.5, 0.6) is 5.75 Å². The Bertz CT molecular complexity index is 357. The smallest absolute Gasteiger partial charge is 0.205 e. The number of nitrogen functional groups attached to an aromatic ring is 1. The van der Waals surface area contributed by atoms with Gasteiger partial charge in [-0.15, -0.1) is 0 Å². The number of hydrogen-bond donors (Lipinski definition) is 3. The van der Waals surface area contributed by atoms with Crippen molar-refractivity contribution < 1.29 is 4.74 Å². The summed E-state index contributed by atoms with van der Waals surface area (Å²) < 4.78 is 5.23. The van der Waals surface area contributed by atoms with Gasteiger partial charge in [-0.25, -0.2) is 15.8 Å². The standard InChI is InChI=1S/C10H20N6O/c1-7(5-16(2)3)14-9-8(17-4)10(15-11)13-6-12-9/h6-7H,5,11H2,1-4H3,(H2,12,13,14,15). The molecule has 7 nitrogen and oxygen atoms in total. The average Bonchev–Trinajstić information content (AvgIpc) is 2.27. The molecule has 1 aromatic rings. The highest BCUT2D eigenvalue weighted by atomic mass is 16.5. The van der Waals surface area contributed by atoms with Crippen molar-refractivity contribution in [1.29, 1.82) is 0 Å². The van der Waals surface area contributed by atoms with Gasteiger partial charge in [-0.2, -0.15) is 0 Å². The third-order valence-electron chi connectivity index (χ3n) is 2.17. The summed E-state index contributed by atoms with van der Waals surface area (Å²) in [5.41, 5.74) is 2.47. The predicted molar refractivity (Wildman–Crippen MR) is 68.0 cm³/mol. The zero-order chi connectivity index (χ0) is 12.8. The molecule has 0 spiro atoms. The van der Waals surface area contributed by atoms with Crippen LogP contribution in [0.3, 0.4) is 0 Å². The fourth-order valence-electron chi connectivity index (χ4n) is 1.60. The number of aromatic nitrogens is 2. The van der Waals surface area contributed by atoms with E-state index < -0.39 is 0 Å². The lowest BCUT2D eigenvalue weighted by Gasteiger charge is -2.20. The van der Waals surface area contributed by atoms with E-state index in [0.717, 1.165) is 6.54 Å². The van der Waals surface area contributed by atoms with Crippen molar-refractivity contribution in [2.24, 2.45) is 5.84 Å². The van der Waals surface area contributed by atoms with Crippen LogP contribution in [-0.2, 0) is 0 Å². The van der Waals surface area contributed by atoms with Gasteiger partial charge in [0.2, 0.25) is 5.75 Å². The number of nitrogens with zero attached hydrogens (tertiary/aromatic N) is 3. The van der Waals surface area contributed by atoms with E-state index in [-0.39, 0.29) is 6.04 Å². The molecule has 0 aliphatic carbocycles. The van der Waals surface area contributed by atoms with Crippen LogP contribution in [0, 0.1) is 0 Å². The largest absolute Gasteiger partial charge is 0.490 e. The molecule has 0 fully saturated rings. The minimum absolute atomic E-state index is 0.236. The fourth-order valence-corrected chi connectivity index (χ4v) is 1.60. The summed E-state index contributed by atoms with van der Waals surface area (Å²) in [6.45, 7) is 2.95. The highest BCUT2D eigenvalue weighted by molar-refractivity contribution is 5.63. The molecule has 0 aliphatic rings. The normalized spacial score (nSPS) is 12.4. The lowest BCUT2D eigenvalue weighted by atomic mass is 10.3. The topological polar surface area (TPSA) is 88.3 Å². The number of hydrogen-bond acceptors (Lipinski definition) is 7. The van der Waals surface area contributed by atoms with Crippen molar-refractivity contribution in [3.8, 4) is 5.75 Å². The Morgan fingerprint density at radius 3 is 2.59 bits per heavy atom. The third-order valence-corrected chi connectivity index (χ3v) is 2.17. The van der Waals surface area contributed by atoms with Crippen molar-refractivity contribution in [1.82, 2.24) is 14.9 Å². The first-order chi connectivity index (χ1) is 8.08. The molecule has 1 heterocycles. The molecule has 1 rings (SSSR count). The molecular formula is C10H20N6O. The van der Waals surface area contributed by atoms with E-state index in [9.17, 15) is 0 Å². The number of ether oxygens (including phenoxy) is 1. The molecule has 0 saturated heterocycles. The molecule has 17 heavy (non-hydrogen) atoms. The number of methoxy groups -OCH3 is 1. The first kappa shape index (κ1) is 13.5. The van der Waals surface area contributed by atoms with Crippen LogP contribution >= 0.6 is 0 Å². The molecule has 0 bridgehead atoms. The lowest BCUT2D eigenvalue weighted by molar-refractivity contribution is 0.388. The zero-order valence-corrected chi connectivity index (χ0v) is 10.7. The van der Waals surface area contributed by atoms with Crippen LogP contribution in [0.2, 0.25) is 0 Å². The highest BCUT2D eigenvalue weighted by Gasteiger charge is 2.13. The number of hydrazine groups is 1. The maximum atomic E-state index is 5.35. The van der Waals surface area contributed by atoms with E-state index in [0.29, 0.717) is 17.4 Å². The SMILES string of the molecule is COc1c(NN)ncnc1NC(C)CN(C)C. The molecule has 1 atom stereocenters. The molecular weight excluding hydrogens is 220 g/mol. The van der Waals surface area contributed by atoms with Crippen LogP contribution in [0.25, 0.3) is 0 Å². The maximum absolute atomic E-state index is 5.35. The second kappa shape index (κ2) is 6.21. The quantitative estimate of drug-likeness (QED) is 0.481. The van der Waals surface area contributed by atoms with Crippen LogP contribution in [0.1, 0.15) is 6.92 Å². The van der Waals surface area contributed by atoms with E-state index >= 15 is 0 Å². The monoisotopic (exact) mass is 240 g/mol. The number of rotatable bonds is 6. The van der Waals surface area contributed by atoms with Gasteiger partial charge in [0, 0.05) is 12.6 Å². The summed E-state index contributed by atoms with van der Waals surface area (Å²) in [6, 6.07) is 0.236. The zero-order valence-electron chi connectivity index (χ0n) is 10.7. The minimum Gasteiger partial charge on any atom is -0.490 e. The number of nitrogens with one attached hydrogen (secondary N) is 2. The Morgan fingerprint density at radius 2 is 2.06 bits per heavy atom. The maximum Gasteiger partial charge on any atom is 0.205 e. The predicted octanol–water partition coefficient (Wildman–Crippen LogP) is 0.133. The van der Waals surface area contributed by atoms with Gasteiger partial charge in [-0.05, 0) is 21.0 Å². The summed E-state index contributed by atoms with van der Waals surface area (Å²) in [4.78, 5) is 10.2. The average molecular weight is 240 g/mol. The van der Waals surface area contributed by atoms with Gasteiger partial charge in [0.15, 0.2) is 11.6 Å². The Morgan fingerprint density at radius 1 is 1.41 bits per heavy atom. The number of anilines is 2. The minimum atomic E-state index is 0.236. The van der Waals surface area contributed by atoms with Crippen molar-refractivity contribution in [2.75, 3.05) is 38.5 Å². The van der Waals surface area contributed by atoms with Gasteiger partial charge in [-0.1, -0.05) is 0 Å². The van der Waals surface area contributed by atoms with Crippen LogP contribution in [0.4, 0.5) is 11.6 Å². The molecule has 0 radical (unpaired) electrons. The van der Waals surface area contributed by atoms with E-state index in [1.54, 1.807) is 7.11 Å². The highest BCUT2D eigenvalue weighted by Crippen LogP contribution is 2.28. The second-order valence-corrected chi connectivity index (χ2v) is 4.06. The van der Waals surface area contributed by atoms with E-state index in [2.05, 4.69) is 32.5 Å². The molecule has 0 amide bonds. The fraction of sp³-hybridized carbons (Fsp3) is 0.600. The molecule has 4 N–H and O–H groups in total. The molecule has 7 heteroatoms. The van der Waals surface area contributed by atoms with Gasteiger partial charge in [0.25, 0.3) is 0 Å². The first-order valence-corrected chi connectivity index (χ1v) is 5.35. The Hall–Kier alpha value is -1.60. The molecule has 1 unspecified atom stereocenters. The Balaban J connectivity index is 2.83. The lowest BCUT2D eigenvalue weighted by Crippen LogP contribution is -2.30. The number of nitrogens with two attached hydrogens (primary N) is 1. The summed E-state index contributed by atoms with van der Waals surface area (Å²) in [6.07, 6.45) is 1.43. The summed E-state index contributed by atoms with van der Waals surface area (Å²) in [7, 11) is 5.59. The van der Waals surface area contributed by atoms with Crippen molar-refractivity contribution in [2.45, 2.75) is 13.0 Å². The van der Waals surface area contributed by atoms with Gasteiger partial charge in [-0.3, -0.25) is 0 Å². The molecule has 0 aromatic carbocycles. The van der Waals surface area contributed by atoms with Crippen molar-refractivity contribution in [3.63, 3.8) is 0 Å². The summed E-state index contributed by atoms with van der Waals surface area (Å²) in [5.74, 6) is 6.95. The molecule has 0 saturated carbocycles. The summed E-state index contributed by atoms with van der Waals surface area (Å²) in [5, 5.41) is 3.25. The Labute approximate surface area is 101 Å². The van der Waals surface area contributed by atoms with Gasteiger partial charge in [0.05, 0.1) is 7.11 Å². The van der Waals surface area contributed by atoms with E-state index in [1.807, 2.05) is 14.1 Å². The van der Waals surface area contributed by atoms with Gasteiger partial charge in [0.1, 0.15) is 6.33 Å². The van der Waals surface area contributed by atoms with Crippen molar-refractivity contribution in [3.05, 3.63) is 6.33 Å². The van der Waals surface area contributed by atoms with Gasteiger partial charge >= 0.3 is 0 Å². The molecule has 0 aliphatic heterocycles. The second-order valence-electron chi connectivity index (χ2n) is 4.06. The number of likely N-dealkylation sites (N-methyl/N-ethyl adjacent to an activating group) is 1. The molecule has 1 aromatic heterocycles. The van der Waals surface area contributed by atoms with Crippen LogP contribution in [0.15, 0.2) is 6.33 Å². The van der Waals surface area contributed by atoms with E-state index in [1.165, 1.54) is 6.33 Å². The van der Waals surface area contributed by atoms with Crippen LogP contribution < -0.4 is 21.3 Å². The van der Waals surface area contributed by atoms with E-state index in [4.69, 9.17) is 10.6 Å². The molecule has 96 valence electrons. The van der Waals surface area contributed by atoms with Crippen LogP contribution in [-0.4, -0.2) is 48.7 Å². The third kappa shape index (κ3) is 3.72. The Kier molecular flexibility index (Phi) is 4.92. The van der Waals surface area contributed by atoms with Crippen molar-refractivity contribution >= 4 is 11.6 Å². The summed E-state index contributed by atoms with van der Waals surface area (Å²) >= 11 is 0.